The number of nitrogens with one attached hydrogen (secondary N) is 1. The van der Waals surface area contributed by atoms with Crippen molar-refractivity contribution in [2.24, 2.45) is 11.3 Å². The first-order chi connectivity index (χ1) is 18.3. The molecule has 0 spiro atoms. The smallest absolute Gasteiger partial charge is 0.215 e. The lowest BCUT2D eigenvalue weighted by atomic mass is 10.0. The van der Waals surface area contributed by atoms with E-state index in [9.17, 15) is 9.18 Å². The van der Waals surface area contributed by atoms with Crippen molar-refractivity contribution >= 4 is 29.2 Å². The maximum atomic E-state index is 13.2. The first-order valence-electron chi connectivity index (χ1n) is 14.0. The minimum atomic E-state index is -0.277. The second-order valence-corrected chi connectivity index (χ2v) is 10.6. The number of carbonyl (C=O) groups excluding carboxylic acids is 1. The lowest BCUT2D eigenvalue weighted by Crippen LogP contribution is -2.32. The zero-order chi connectivity index (χ0) is 27.9. The van der Waals surface area contributed by atoms with Gasteiger partial charge in [-0.3, -0.25) is 9.69 Å². The standard InChI is InChI=1S/C19H29N3O.C9H10FN3.C2H6/c1-4-15(2)6-11-21(13-19(3)8-9-19)17-5-10-20-18-16(17)7-12-22(18)14-23;1-6-4-13-5-8(11-2)7(10)3-9(13)12-6;1-2/h5,10,14-15H,4,6-9,11-13H2,1-3H3;3-5,11H,1-2H3;1-2H3. The molecule has 1 atom stereocenters. The van der Waals surface area contributed by atoms with E-state index >= 15 is 0 Å². The van der Waals surface area contributed by atoms with Gasteiger partial charge in [0, 0.05) is 62.6 Å². The van der Waals surface area contributed by atoms with E-state index in [2.05, 4.69) is 47.0 Å². The Hall–Kier alpha value is -3.16. The van der Waals surface area contributed by atoms with Crippen molar-refractivity contribution < 1.29 is 9.18 Å². The molecule has 1 unspecified atom stereocenters. The second-order valence-electron chi connectivity index (χ2n) is 10.6. The lowest BCUT2D eigenvalue weighted by Gasteiger charge is -2.30. The average molecular weight is 525 g/mol. The fraction of sp³-hybridized carbons (Fsp3) is 0.567. The van der Waals surface area contributed by atoms with Gasteiger partial charge >= 0.3 is 0 Å². The Bertz CT molecular complexity index is 1200. The molecule has 3 aromatic heterocycles. The number of aryl methyl sites for hydroxylation is 1. The predicted octanol–water partition coefficient (Wildman–Crippen LogP) is 6.49. The van der Waals surface area contributed by atoms with Crippen LogP contribution >= 0.6 is 0 Å². The Morgan fingerprint density at radius 2 is 2.03 bits per heavy atom. The number of hydrogen-bond acceptors (Lipinski definition) is 5. The van der Waals surface area contributed by atoms with E-state index in [1.807, 2.05) is 33.2 Å². The van der Waals surface area contributed by atoms with Gasteiger partial charge in [-0.05, 0) is 50.0 Å². The van der Waals surface area contributed by atoms with E-state index in [4.69, 9.17) is 0 Å². The molecule has 38 heavy (non-hydrogen) atoms. The number of hydrogen-bond donors (Lipinski definition) is 1. The highest BCUT2D eigenvalue weighted by molar-refractivity contribution is 5.80. The summed E-state index contributed by atoms with van der Waals surface area (Å²) in [7, 11) is 1.69. The molecule has 0 aromatic carbocycles. The third kappa shape index (κ3) is 7.03. The quantitative estimate of drug-likeness (QED) is 0.324. The molecule has 8 heteroatoms. The summed E-state index contributed by atoms with van der Waals surface area (Å²) in [5, 5.41) is 2.77. The van der Waals surface area contributed by atoms with E-state index in [1.54, 1.807) is 22.5 Å². The Morgan fingerprint density at radius 3 is 2.66 bits per heavy atom. The van der Waals surface area contributed by atoms with E-state index in [-0.39, 0.29) is 5.82 Å². The van der Waals surface area contributed by atoms with Crippen LogP contribution < -0.4 is 15.1 Å². The molecule has 0 saturated heterocycles. The molecule has 1 aliphatic carbocycles. The number of aromatic nitrogens is 3. The van der Waals surface area contributed by atoms with Crippen LogP contribution in [0.5, 0.6) is 0 Å². The van der Waals surface area contributed by atoms with Crippen molar-refractivity contribution in [3.63, 3.8) is 0 Å². The van der Waals surface area contributed by atoms with Crippen LogP contribution in [0.2, 0.25) is 0 Å². The van der Waals surface area contributed by atoms with E-state index in [1.165, 1.54) is 43.0 Å². The first kappa shape index (κ1) is 29.4. The van der Waals surface area contributed by atoms with E-state index < -0.39 is 0 Å². The van der Waals surface area contributed by atoms with Crippen molar-refractivity contribution in [2.75, 3.05) is 41.8 Å². The third-order valence-corrected chi connectivity index (χ3v) is 7.55. The summed E-state index contributed by atoms with van der Waals surface area (Å²) in [4.78, 5) is 24.1. The van der Waals surface area contributed by atoms with Gasteiger partial charge in [-0.2, -0.15) is 0 Å². The molecule has 4 heterocycles. The first-order valence-corrected chi connectivity index (χ1v) is 14.0. The van der Waals surface area contributed by atoms with Gasteiger partial charge in [0.2, 0.25) is 6.41 Å². The highest BCUT2D eigenvalue weighted by Gasteiger charge is 2.39. The predicted molar refractivity (Wildman–Crippen MR) is 156 cm³/mol. The fourth-order valence-corrected chi connectivity index (χ4v) is 4.71. The Balaban J connectivity index is 0.000000225. The number of fused-ring (bicyclic) bond motifs is 2. The Morgan fingerprint density at radius 1 is 1.29 bits per heavy atom. The van der Waals surface area contributed by atoms with Crippen LogP contribution in [-0.2, 0) is 11.2 Å². The molecule has 208 valence electrons. The highest BCUT2D eigenvalue weighted by Crippen LogP contribution is 2.47. The van der Waals surface area contributed by atoms with Crippen LogP contribution in [-0.4, -0.2) is 47.5 Å². The largest absolute Gasteiger partial charge is 0.385 e. The maximum Gasteiger partial charge on any atom is 0.215 e. The zero-order valence-corrected chi connectivity index (χ0v) is 24.2. The maximum absolute atomic E-state index is 13.2. The summed E-state index contributed by atoms with van der Waals surface area (Å²) in [5.41, 5.74) is 5.03. The summed E-state index contributed by atoms with van der Waals surface area (Å²) in [5.74, 6) is 1.35. The highest BCUT2D eigenvalue weighted by atomic mass is 19.1. The average Bonchev–Trinajstić information content (AvgIpc) is 3.33. The van der Waals surface area contributed by atoms with Crippen molar-refractivity contribution in [3.8, 4) is 0 Å². The number of halogens is 1. The van der Waals surface area contributed by atoms with Crippen molar-refractivity contribution in [1.29, 1.82) is 0 Å². The second kappa shape index (κ2) is 13.1. The Labute approximate surface area is 227 Å². The minimum Gasteiger partial charge on any atom is -0.385 e. The molecule has 7 nitrogen and oxygen atoms in total. The molecule has 1 amide bonds. The monoisotopic (exact) mass is 524 g/mol. The number of imidazole rings is 1. The molecule has 0 radical (unpaired) electrons. The van der Waals surface area contributed by atoms with Crippen molar-refractivity contribution in [3.05, 3.63) is 47.8 Å². The normalized spacial score (nSPS) is 15.5. The molecule has 2 aliphatic rings. The van der Waals surface area contributed by atoms with Gasteiger partial charge in [0.15, 0.2) is 5.82 Å². The van der Waals surface area contributed by atoms with Gasteiger partial charge in [0.1, 0.15) is 11.5 Å². The van der Waals surface area contributed by atoms with Crippen LogP contribution in [0.25, 0.3) is 5.65 Å². The van der Waals surface area contributed by atoms with Gasteiger partial charge in [-0.1, -0.05) is 41.0 Å². The zero-order valence-electron chi connectivity index (χ0n) is 24.2. The van der Waals surface area contributed by atoms with Crippen LogP contribution in [0.4, 0.5) is 21.6 Å². The molecular weight excluding hydrogens is 479 g/mol. The topological polar surface area (TPSA) is 65.8 Å². The van der Waals surface area contributed by atoms with Gasteiger partial charge < -0.3 is 14.6 Å². The fourth-order valence-electron chi connectivity index (χ4n) is 4.71. The van der Waals surface area contributed by atoms with Crippen LogP contribution in [0.15, 0.2) is 30.7 Å². The molecule has 1 aliphatic heterocycles. The van der Waals surface area contributed by atoms with E-state index in [0.717, 1.165) is 49.9 Å². The SMILES string of the molecule is CC.CCC(C)CCN(CC1(C)CC1)c1ccnc2c1CCN2C=O.CNc1cn2cc(C)nc2cc1F. The molecule has 3 aromatic rings. The molecular formula is C30H45FN6O. The van der Waals surface area contributed by atoms with Gasteiger partial charge in [0.25, 0.3) is 0 Å². The summed E-state index contributed by atoms with van der Waals surface area (Å²) in [6, 6.07) is 3.56. The number of nitrogens with zero attached hydrogens (tertiary/aromatic N) is 5. The molecule has 1 N–H and O–H groups in total. The van der Waals surface area contributed by atoms with Crippen LogP contribution in [0.1, 0.15) is 71.6 Å². The van der Waals surface area contributed by atoms with Gasteiger partial charge in [-0.25, -0.2) is 14.4 Å². The van der Waals surface area contributed by atoms with Crippen molar-refractivity contribution in [2.45, 2.75) is 73.6 Å². The van der Waals surface area contributed by atoms with Crippen LogP contribution in [0.3, 0.4) is 0 Å². The number of rotatable bonds is 9. The number of pyridine rings is 2. The third-order valence-electron chi connectivity index (χ3n) is 7.55. The van der Waals surface area contributed by atoms with Crippen LogP contribution in [0, 0.1) is 24.1 Å². The summed E-state index contributed by atoms with van der Waals surface area (Å²) < 4.78 is 15.0. The minimum absolute atomic E-state index is 0.277. The summed E-state index contributed by atoms with van der Waals surface area (Å²) >= 11 is 0. The number of amides is 1. The van der Waals surface area contributed by atoms with Gasteiger partial charge in [0.05, 0.1) is 11.4 Å². The number of anilines is 3. The summed E-state index contributed by atoms with van der Waals surface area (Å²) in [6.07, 6.45) is 12.4. The Kier molecular flexibility index (Phi) is 10.1. The molecule has 1 saturated carbocycles. The number of carbonyl (C=O) groups is 1. The summed E-state index contributed by atoms with van der Waals surface area (Å²) in [6.45, 7) is 15.9. The lowest BCUT2D eigenvalue weighted by molar-refractivity contribution is -0.107. The van der Waals surface area contributed by atoms with Crippen molar-refractivity contribution in [1.82, 2.24) is 14.4 Å². The van der Waals surface area contributed by atoms with E-state index in [0.29, 0.717) is 16.7 Å². The van der Waals surface area contributed by atoms with Gasteiger partial charge in [-0.15, -0.1) is 0 Å². The molecule has 5 rings (SSSR count). The molecule has 0 bridgehead atoms. The molecule has 1 fully saturated rings.